The minimum Gasteiger partial charge on any atom is -0.480 e. The summed E-state index contributed by atoms with van der Waals surface area (Å²) in [5.74, 6) is -2.92. The van der Waals surface area contributed by atoms with Gasteiger partial charge in [-0.15, -0.1) is 0 Å². The second-order valence-corrected chi connectivity index (χ2v) is 1.41. The number of amides is 1. The van der Waals surface area contributed by atoms with Crippen molar-refractivity contribution in [3.05, 3.63) is 0 Å². The van der Waals surface area contributed by atoms with Crippen LogP contribution in [0.5, 0.6) is 0 Å². The van der Waals surface area contributed by atoms with Crippen molar-refractivity contribution >= 4 is 11.9 Å². The molecule has 0 heterocycles. The number of carboxylic acid groups (broad SMARTS) is 1. The molecule has 0 aliphatic rings. The molecule has 2 N–H and O–H groups in total. The second-order valence-electron chi connectivity index (χ2n) is 1.41. The quantitative estimate of drug-likeness (QED) is 0.571. The number of carbonyl (C=O) groups excluding carboxylic acids is 1. The maximum atomic E-state index is 11.3. The topological polar surface area (TPSA) is 66.4 Å². The number of hydrogen-bond donors (Lipinski definition) is 2. The summed E-state index contributed by atoms with van der Waals surface area (Å²) in [7, 11) is 0. The van der Waals surface area contributed by atoms with Crippen LogP contribution >= 0.6 is 0 Å². The molecule has 0 atom stereocenters. The van der Waals surface area contributed by atoms with Crippen LogP contribution in [0.1, 0.15) is 0 Å². The van der Waals surface area contributed by atoms with Crippen LogP contribution in [0.2, 0.25) is 0 Å². The Bertz CT molecular complexity index is 147. The third-order valence-electron chi connectivity index (χ3n) is 0.612. The first kappa shape index (κ1) is 8.80. The van der Waals surface area contributed by atoms with Crippen LogP contribution in [-0.4, -0.2) is 30.0 Å². The molecule has 0 aromatic carbocycles. The molecule has 0 rings (SSSR count). The van der Waals surface area contributed by atoms with E-state index in [2.05, 4.69) is 0 Å². The van der Waals surface area contributed by atoms with Crippen molar-refractivity contribution in [2.75, 3.05) is 6.54 Å². The zero-order chi connectivity index (χ0) is 8.15. The maximum Gasteiger partial charge on any atom is 0.322 e. The lowest BCUT2D eigenvalue weighted by molar-refractivity contribution is -0.140. The number of alkyl halides is 2. The summed E-state index contributed by atoms with van der Waals surface area (Å²) in [6, 6.07) is 0. The minimum atomic E-state index is -3.15. The Morgan fingerprint density at radius 3 is 2.30 bits per heavy atom. The van der Waals surface area contributed by atoms with E-state index in [-0.39, 0.29) is 0 Å². The van der Waals surface area contributed by atoms with Crippen molar-refractivity contribution in [1.29, 1.82) is 0 Å². The summed E-state index contributed by atoms with van der Waals surface area (Å²) in [5, 5.41) is 9.38. The summed E-state index contributed by atoms with van der Waals surface area (Å²) in [4.78, 5) is 19.6. The number of hydrogen-bond acceptors (Lipinski definition) is 2. The van der Waals surface area contributed by atoms with E-state index in [4.69, 9.17) is 5.11 Å². The molecular formula is C4H5F2NO3. The molecule has 0 aromatic rings. The van der Waals surface area contributed by atoms with Gasteiger partial charge in [-0.25, -0.2) is 0 Å². The highest BCUT2D eigenvalue weighted by Gasteiger charge is 2.14. The predicted octanol–water partition coefficient (Wildman–Crippen LogP) is -0.548. The zero-order valence-electron chi connectivity index (χ0n) is 4.80. The predicted molar refractivity (Wildman–Crippen MR) is 26.6 cm³/mol. The number of aliphatic carboxylic acids is 1. The lowest BCUT2D eigenvalue weighted by Crippen LogP contribution is -2.33. The molecule has 10 heavy (non-hydrogen) atoms. The molecule has 0 fully saturated rings. The van der Waals surface area contributed by atoms with Crippen molar-refractivity contribution < 1.29 is 23.5 Å². The number of carbonyl (C=O) groups is 2. The average Bonchev–Trinajstić information content (AvgIpc) is 1.82. The fraction of sp³-hybridized carbons (Fsp3) is 0.500. The number of carboxylic acids is 1. The molecule has 0 bridgehead atoms. The smallest absolute Gasteiger partial charge is 0.322 e. The summed E-state index contributed by atoms with van der Waals surface area (Å²) in [6.45, 7) is -0.775. The van der Waals surface area contributed by atoms with Gasteiger partial charge in [-0.3, -0.25) is 9.59 Å². The lowest BCUT2D eigenvalue weighted by atomic mass is 10.6. The standard InChI is InChI=1S/C4H5F2NO3/c5-3(6)4(10)7-1-2(8)9/h3H,1H2,(H,7,10)(H,8,9). The van der Waals surface area contributed by atoms with E-state index in [1.165, 1.54) is 5.32 Å². The molecular weight excluding hydrogens is 148 g/mol. The Hall–Kier alpha value is -1.20. The van der Waals surface area contributed by atoms with Gasteiger partial charge in [0.25, 0.3) is 5.91 Å². The fourth-order valence-electron chi connectivity index (χ4n) is 0.240. The van der Waals surface area contributed by atoms with E-state index in [1.807, 2.05) is 0 Å². The molecule has 1 amide bonds. The second kappa shape index (κ2) is 3.76. The Balaban J connectivity index is 3.50. The van der Waals surface area contributed by atoms with E-state index in [0.29, 0.717) is 0 Å². The van der Waals surface area contributed by atoms with Crippen LogP contribution in [0, 0.1) is 0 Å². The van der Waals surface area contributed by atoms with E-state index >= 15 is 0 Å². The third kappa shape index (κ3) is 3.76. The maximum absolute atomic E-state index is 11.3. The van der Waals surface area contributed by atoms with Crippen LogP contribution < -0.4 is 5.32 Å². The Morgan fingerprint density at radius 2 is 2.00 bits per heavy atom. The SMILES string of the molecule is O=C(O)CNC(=O)C(F)F. The first-order valence-electron chi connectivity index (χ1n) is 2.31. The van der Waals surface area contributed by atoms with Crippen molar-refractivity contribution in [3.63, 3.8) is 0 Å². The molecule has 0 unspecified atom stereocenters. The highest BCUT2D eigenvalue weighted by atomic mass is 19.3. The summed E-state index contributed by atoms with van der Waals surface area (Å²) < 4.78 is 22.5. The van der Waals surface area contributed by atoms with Gasteiger partial charge in [0, 0.05) is 0 Å². The number of halogens is 2. The molecule has 0 aliphatic carbocycles. The van der Waals surface area contributed by atoms with Gasteiger partial charge in [0.1, 0.15) is 6.54 Å². The van der Waals surface area contributed by atoms with Gasteiger partial charge in [-0.1, -0.05) is 0 Å². The Kier molecular flexibility index (Phi) is 3.30. The van der Waals surface area contributed by atoms with Gasteiger partial charge in [0.15, 0.2) is 0 Å². The van der Waals surface area contributed by atoms with Crippen molar-refractivity contribution in [2.45, 2.75) is 6.43 Å². The monoisotopic (exact) mass is 153 g/mol. The molecule has 0 saturated heterocycles. The normalized spacial score (nSPS) is 9.50. The Morgan fingerprint density at radius 1 is 1.50 bits per heavy atom. The van der Waals surface area contributed by atoms with E-state index in [0.717, 1.165) is 0 Å². The molecule has 6 heteroatoms. The van der Waals surface area contributed by atoms with Gasteiger partial charge in [-0.05, 0) is 0 Å². The average molecular weight is 153 g/mol. The molecule has 4 nitrogen and oxygen atoms in total. The van der Waals surface area contributed by atoms with Gasteiger partial charge in [0.05, 0.1) is 0 Å². The van der Waals surface area contributed by atoms with Gasteiger partial charge in [-0.2, -0.15) is 8.78 Å². The molecule has 0 aromatic heterocycles. The fourth-order valence-corrected chi connectivity index (χ4v) is 0.240. The van der Waals surface area contributed by atoms with Crippen molar-refractivity contribution in [3.8, 4) is 0 Å². The van der Waals surface area contributed by atoms with Gasteiger partial charge in [0.2, 0.25) is 0 Å². The van der Waals surface area contributed by atoms with Crippen molar-refractivity contribution in [1.82, 2.24) is 5.32 Å². The van der Waals surface area contributed by atoms with Crippen LogP contribution in [0.15, 0.2) is 0 Å². The summed E-state index contributed by atoms with van der Waals surface area (Å²) in [6.07, 6.45) is -3.15. The van der Waals surface area contributed by atoms with Crippen LogP contribution in [0.4, 0.5) is 8.78 Å². The zero-order valence-corrected chi connectivity index (χ0v) is 4.80. The lowest BCUT2D eigenvalue weighted by Gasteiger charge is -1.98. The first-order chi connectivity index (χ1) is 4.54. The number of rotatable bonds is 3. The highest BCUT2D eigenvalue weighted by Crippen LogP contribution is 1.89. The molecule has 58 valence electrons. The molecule has 0 aliphatic heterocycles. The van der Waals surface area contributed by atoms with E-state index in [9.17, 15) is 18.4 Å². The first-order valence-corrected chi connectivity index (χ1v) is 2.31. The van der Waals surface area contributed by atoms with Crippen LogP contribution in [0.3, 0.4) is 0 Å². The summed E-state index contributed by atoms with van der Waals surface area (Å²) in [5.41, 5.74) is 0. The van der Waals surface area contributed by atoms with Crippen molar-refractivity contribution in [2.24, 2.45) is 0 Å². The Labute approximate surface area is 54.8 Å². The molecule has 0 radical (unpaired) electrons. The number of nitrogens with one attached hydrogen (secondary N) is 1. The third-order valence-corrected chi connectivity index (χ3v) is 0.612. The summed E-state index contributed by atoms with van der Waals surface area (Å²) >= 11 is 0. The largest absolute Gasteiger partial charge is 0.480 e. The molecule has 0 saturated carbocycles. The van der Waals surface area contributed by atoms with E-state index < -0.39 is 24.8 Å². The van der Waals surface area contributed by atoms with Gasteiger partial charge >= 0.3 is 12.4 Å². The van der Waals surface area contributed by atoms with E-state index in [1.54, 1.807) is 0 Å². The van der Waals surface area contributed by atoms with Crippen LogP contribution in [0.25, 0.3) is 0 Å². The van der Waals surface area contributed by atoms with Gasteiger partial charge < -0.3 is 10.4 Å². The molecule has 0 spiro atoms. The van der Waals surface area contributed by atoms with Crippen LogP contribution in [-0.2, 0) is 9.59 Å². The minimum absolute atomic E-state index is 0.775. The highest BCUT2D eigenvalue weighted by molar-refractivity contribution is 5.83.